The summed E-state index contributed by atoms with van der Waals surface area (Å²) >= 11 is 0. The number of ether oxygens (including phenoxy) is 2. The molecule has 1 aromatic carbocycles. The molecule has 0 fully saturated rings. The first-order chi connectivity index (χ1) is 8.88. The van der Waals surface area contributed by atoms with Crippen LogP contribution in [0.4, 0.5) is 0 Å². The molecule has 106 valence electrons. The second-order valence-electron chi connectivity index (χ2n) is 5.07. The molecule has 5 heteroatoms. The van der Waals surface area contributed by atoms with E-state index in [0.717, 1.165) is 5.56 Å². The molecule has 1 aromatic rings. The number of carbonyl (C=O) groups is 1. The van der Waals surface area contributed by atoms with E-state index in [-0.39, 0.29) is 11.4 Å². The van der Waals surface area contributed by atoms with Crippen LogP contribution in [0.3, 0.4) is 0 Å². The molecule has 0 radical (unpaired) electrons. The van der Waals surface area contributed by atoms with Gasteiger partial charge in [-0.15, -0.1) is 0 Å². The van der Waals surface area contributed by atoms with E-state index in [4.69, 9.17) is 15.2 Å². The topological polar surface area (TPSA) is 73.6 Å². The van der Waals surface area contributed by atoms with E-state index in [1.807, 2.05) is 32.0 Å². The summed E-state index contributed by atoms with van der Waals surface area (Å²) in [7, 11) is 3.21. The zero-order valence-electron chi connectivity index (χ0n) is 11.9. The molecule has 5 nitrogen and oxygen atoms in total. The number of amides is 1. The molecule has 0 saturated heterocycles. The predicted molar refractivity (Wildman–Crippen MR) is 74.3 cm³/mol. The molecule has 0 aliphatic carbocycles. The lowest BCUT2D eigenvalue weighted by Gasteiger charge is -2.25. The van der Waals surface area contributed by atoms with Crippen LogP contribution in [0.2, 0.25) is 0 Å². The number of hydrogen-bond donors (Lipinski definition) is 2. The molecule has 0 heterocycles. The van der Waals surface area contributed by atoms with Crippen molar-refractivity contribution in [2.24, 2.45) is 5.73 Å². The van der Waals surface area contributed by atoms with Crippen LogP contribution in [-0.2, 0) is 11.3 Å². The van der Waals surface area contributed by atoms with E-state index in [9.17, 15) is 4.79 Å². The smallest absolute Gasteiger partial charge is 0.219 e. The second kappa shape index (κ2) is 6.43. The Morgan fingerprint density at radius 1 is 1.26 bits per heavy atom. The van der Waals surface area contributed by atoms with Crippen molar-refractivity contribution in [2.75, 3.05) is 14.2 Å². The van der Waals surface area contributed by atoms with E-state index in [1.165, 1.54) is 0 Å². The van der Waals surface area contributed by atoms with Gasteiger partial charge >= 0.3 is 0 Å². The minimum Gasteiger partial charge on any atom is -0.493 e. The van der Waals surface area contributed by atoms with Crippen molar-refractivity contribution in [1.29, 1.82) is 0 Å². The van der Waals surface area contributed by atoms with E-state index < -0.39 is 0 Å². The van der Waals surface area contributed by atoms with Crippen molar-refractivity contribution in [2.45, 2.75) is 32.4 Å². The van der Waals surface area contributed by atoms with Crippen LogP contribution in [0, 0.1) is 0 Å². The highest BCUT2D eigenvalue weighted by Crippen LogP contribution is 2.27. The number of nitrogens with two attached hydrogens (primary N) is 1. The number of methoxy groups -OCH3 is 2. The van der Waals surface area contributed by atoms with Gasteiger partial charge in [0.15, 0.2) is 11.5 Å². The van der Waals surface area contributed by atoms with Crippen LogP contribution in [0.15, 0.2) is 18.2 Å². The number of primary amides is 1. The molecule has 0 unspecified atom stereocenters. The third kappa shape index (κ3) is 4.79. The summed E-state index contributed by atoms with van der Waals surface area (Å²) in [6, 6.07) is 5.72. The number of hydrogen-bond acceptors (Lipinski definition) is 4. The van der Waals surface area contributed by atoms with Crippen LogP contribution in [0.25, 0.3) is 0 Å². The number of benzene rings is 1. The average Bonchev–Trinajstić information content (AvgIpc) is 2.34. The van der Waals surface area contributed by atoms with Gasteiger partial charge in [-0.2, -0.15) is 0 Å². The van der Waals surface area contributed by atoms with Gasteiger partial charge in [0.1, 0.15) is 0 Å². The van der Waals surface area contributed by atoms with Crippen LogP contribution in [-0.4, -0.2) is 25.7 Å². The van der Waals surface area contributed by atoms with Gasteiger partial charge in [-0.05, 0) is 31.5 Å². The molecule has 0 bridgehead atoms. The Balaban J connectivity index is 2.70. The lowest BCUT2D eigenvalue weighted by atomic mass is 10.00. The average molecular weight is 266 g/mol. The van der Waals surface area contributed by atoms with Crippen molar-refractivity contribution in [3.63, 3.8) is 0 Å². The molecule has 0 atom stereocenters. The Hall–Kier alpha value is -1.75. The van der Waals surface area contributed by atoms with Gasteiger partial charge in [0.05, 0.1) is 14.2 Å². The molecule has 1 amide bonds. The highest BCUT2D eigenvalue weighted by Gasteiger charge is 2.19. The summed E-state index contributed by atoms with van der Waals surface area (Å²) in [5.74, 6) is 1.07. The third-order valence-electron chi connectivity index (χ3n) is 2.84. The summed E-state index contributed by atoms with van der Waals surface area (Å²) in [5.41, 5.74) is 5.93. The lowest BCUT2D eigenvalue weighted by molar-refractivity contribution is -0.119. The molecule has 1 rings (SSSR count). The SMILES string of the molecule is COc1ccc(CNC(C)(C)CC(N)=O)cc1OC. The predicted octanol–water partition coefficient (Wildman–Crippen LogP) is 1.45. The van der Waals surface area contributed by atoms with E-state index in [2.05, 4.69) is 5.32 Å². The molecule has 0 aliphatic rings. The van der Waals surface area contributed by atoms with Crippen LogP contribution >= 0.6 is 0 Å². The highest BCUT2D eigenvalue weighted by molar-refractivity contribution is 5.75. The summed E-state index contributed by atoms with van der Waals surface area (Å²) in [6.07, 6.45) is 0.292. The lowest BCUT2D eigenvalue weighted by Crippen LogP contribution is -2.42. The van der Waals surface area contributed by atoms with Crippen molar-refractivity contribution < 1.29 is 14.3 Å². The van der Waals surface area contributed by atoms with Gasteiger partial charge in [0, 0.05) is 18.5 Å². The zero-order valence-corrected chi connectivity index (χ0v) is 11.9. The Bertz CT molecular complexity index is 444. The maximum Gasteiger partial charge on any atom is 0.219 e. The van der Waals surface area contributed by atoms with Gasteiger partial charge in [-0.1, -0.05) is 6.07 Å². The van der Waals surface area contributed by atoms with E-state index >= 15 is 0 Å². The summed E-state index contributed by atoms with van der Waals surface area (Å²) in [6.45, 7) is 4.51. The van der Waals surface area contributed by atoms with Crippen LogP contribution in [0.1, 0.15) is 25.8 Å². The Morgan fingerprint density at radius 2 is 1.89 bits per heavy atom. The molecule has 19 heavy (non-hydrogen) atoms. The quantitative estimate of drug-likeness (QED) is 0.783. The molecular weight excluding hydrogens is 244 g/mol. The van der Waals surface area contributed by atoms with E-state index in [0.29, 0.717) is 24.5 Å². The Labute approximate surface area is 114 Å². The summed E-state index contributed by atoms with van der Waals surface area (Å²) < 4.78 is 10.4. The fourth-order valence-electron chi connectivity index (χ4n) is 1.83. The van der Waals surface area contributed by atoms with Gasteiger partial charge in [-0.3, -0.25) is 4.79 Å². The number of nitrogens with one attached hydrogen (secondary N) is 1. The maximum atomic E-state index is 11.0. The molecule has 0 aliphatic heterocycles. The van der Waals surface area contributed by atoms with Crippen molar-refractivity contribution >= 4 is 5.91 Å². The minimum absolute atomic E-state index is 0.292. The molecule has 0 aromatic heterocycles. The van der Waals surface area contributed by atoms with Crippen LogP contribution < -0.4 is 20.5 Å². The van der Waals surface area contributed by atoms with Crippen LogP contribution in [0.5, 0.6) is 11.5 Å². The molecular formula is C14H22N2O3. The monoisotopic (exact) mass is 266 g/mol. The number of carbonyl (C=O) groups excluding carboxylic acids is 1. The Morgan fingerprint density at radius 3 is 2.42 bits per heavy atom. The third-order valence-corrected chi connectivity index (χ3v) is 2.84. The largest absolute Gasteiger partial charge is 0.493 e. The van der Waals surface area contributed by atoms with Crippen molar-refractivity contribution in [3.05, 3.63) is 23.8 Å². The van der Waals surface area contributed by atoms with Gasteiger partial charge in [0.25, 0.3) is 0 Å². The van der Waals surface area contributed by atoms with Gasteiger partial charge in [-0.25, -0.2) is 0 Å². The summed E-state index contributed by atoms with van der Waals surface area (Å²) in [4.78, 5) is 11.0. The van der Waals surface area contributed by atoms with E-state index in [1.54, 1.807) is 14.2 Å². The second-order valence-corrected chi connectivity index (χ2v) is 5.07. The van der Waals surface area contributed by atoms with Gasteiger partial charge in [0.2, 0.25) is 5.91 Å². The fourth-order valence-corrected chi connectivity index (χ4v) is 1.83. The first kappa shape index (κ1) is 15.3. The standard InChI is InChI=1S/C14H22N2O3/c1-14(2,8-13(15)17)16-9-10-5-6-11(18-3)12(7-10)19-4/h5-7,16H,8-9H2,1-4H3,(H2,15,17). The fraction of sp³-hybridized carbons (Fsp3) is 0.500. The van der Waals surface area contributed by atoms with Gasteiger partial charge < -0.3 is 20.5 Å². The molecule has 0 saturated carbocycles. The first-order valence-corrected chi connectivity index (χ1v) is 6.12. The maximum absolute atomic E-state index is 11.0. The van der Waals surface area contributed by atoms with Crippen molar-refractivity contribution in [3.8, 4) is 11.5 Å². The molecule has 0 spiro atoms. The Kier molecular flexibility index (Phi) is 5.18. The highest BCUT2D eigenvalue weighted by atomic mass is 16.5. The zero-order chi connectivity index (χ0) is 14.5. The number of rotatable bonds is 7. The minimum atomic E-state index is -0.334. The summed E-state index contributed by atoms with van der Waals surface area (Å²) in [5, 5.41) is 3.30. The van der Waals surface area contributed by atoms with Crippen molar-refractivity contribution in [1.82, 2.24) is 5.32 Å². The first-order valence-electron chi connectivity index (χ1n) is 6.12. The molecule has 3 N–H and O–H groups in total. The normalized spacial score (nSPS) is 11.2.